The van der Waals surface area contributed by atoms with Crippen molar-refractivity contribution in [1.29, 1.82) is 0 Å². The van der Waals surface area contributed by atoms with Crippen LogP contribution in [0.25, 0.3) is 34.2 Å². The van der Waals surface area contributed by atoms with E-state index in [9.17, 15) is 14.9 Å². The van der Waals surface area contributed by atoms with E-state index in [0.717, 1.165) is 22.0 Å². The summed E-state index contributed by atoms with van der Waals surface area (Å²) >= 11 is 0. The van der Waals surface area contributed by atoms with Crippen LogP contribution in [0.2, 0.25) is 0 Å². The molecular weight excluding hydrogens is 404 g/mol. The number of pyridine rings is 1. The zero-order chi connectivity index (χ0) is 22.7. The van der Waals surface area contributed by atoms with E-state index >= 15 is 0 Å². The summed E-state index contributed by atoms with van der Waals surface area (Å²) in [6, 6.07) is 22.1. The van der Waals surface area contributed by atoms with Gasteiger partial charge in [-0.05, 0) is 36.3 Å². The highest BCUT2D eigenvalue weighted by molar-refractivity contribution is 6.11. The molecule has 0 unspecified atom stereocenters. The summed E-state index contributed by atoms with van der Waals surface area (Å²) in [5.41, 5.74) is 4.00. The molecule has 0 amide bonds. The fourth-order valence-electron chi connectivity index (χ4n) is 3.74. The third kappa shape index (κ3) is 3.98. The van der Waals surface area contributed by atoms with Gasteiger partial charge in [-0.25, -0.2) is 4.98 Å². The predicted molar refractivity (Wildman–Crippen MR) is 126 cm³/mol. The summed E-state index contributed by atoms with van der Waals surface area (Å²) in [4.78, 5) is 28.3. The minimum atomic E-state index is -0.487. The molecular formula is C26H20N2O4. The number of Topliss-reactive ketones (excluding diaryl/α,β-unsaturated/α-hetero) is 1. The molecule has 0 fully saturated rings. The Morgan fingerprint density at radius 1 is 1.00 bits per heavy atom. The monoisotopic (exact) mass is 424 g/mol. The van der Waals surface area contributed by atoms with Gasteiger partial charge in [0.15, 0.2) is 11.5 Å². The number of nitro groups is 1. The Morgan fingerprint density at radius 3 is 2.41 bits per heavy atom. The molecule has 0 saturated carbocycles. The number of aromatic nitrogens is 1. The van der Waals surface area contributed by atoms with Gasteiger partial charge in [-0.15, -0.1) is 0 Å². The summed E-state index contributed by atoms with van der Waals surface area (Å²) in [6.45, 7) is 1.52. The van der Waals surface area contributed by atoms with E-state index in [2.05, 4.69) is 0 Å². The van der Waals surface area contributed by atoms with Gasteiger partial charge in [0.25, 0.3) is 0 Å². The molecule has 0 aliphatic heterocycles. The Bertz CT molecular complexity index is 1360. The molecule has 158 valence electrons. The van der Waals surface area contributed by atoms with E-state index in [-0.39, 0.29) is 17.2 Å². The Morgan fingerprint density at radius 2 is 1.72 bits per heavy atom. The van der Waals surface area contributed by atoms with Gasteiger partial charge in [-0.1, -0.05) is 60.7 Å². The van der Waals surface area contributed by atoms with Gasteiger partial charge in [0.05, 0.1) is 28.8 Å². The number of nitro benzene ring substituents is 1. The number of ether oxygens (including phenoxy) is 1. The van der Waals surface area contributed by atoms with Crippen LogP contribution in [-0.4, -0.2) is 22.8 Å². The molecule has 0 aliphatic rings. The van der Waals surface area contributed by atoms with Crippen molar-refractivity contribution in [1.82, 2.24) is 4.98 Å². The molecule has 0 N–H and O–H groups in total. The number of carbonyl (C=O) groups is 1. The molecule has 0 atom stereocenters. The van der Waals surface area contributed by atoms with E-state index in [4.69, 9.17) is 9.72 Å². The molecule has 0 spiro atoms. The predicted octanol–water partition coefficient (Wildman–Crippen LogP) is 6.19. The lowest BCUT2D eigenvalue weighted by molar-refractivity contribution is -0.385. The van der Waals surface area contributed by atoms with Crippen LogP contribution in [0.3, 0.4) is 0 Å². The van der Waals surface area contributed by atoms with Crippen molar-refractivity contribution in [2.45, 2.75) is 6.92 Å². The molecule has 6 nitrogen and oxygen atoms in total. The van der Waals surface area contributed by atoms with Crippen LogP contribution in [-0.2, 0) is 0 Å². The SMILES string of the molecule is COc1ccc(/C=C/c2nc3ccccc3c(-c3ccccc3)c2C(C)=O)cc1[N+](=O)[O-]. The first-order valence-electron chi connectivity index (χ1n) is 9.99. The Hall–Kier alpha value is -4.32. The fourth-order valence-corrected chi connectivity index (χ4v) is 3.74. The average molecular weight is 424 g/mol. The molecule has 4 aromatic rings. The molecule has 1 aromatic heterocycles. The maximum absolute atomic E-state index is 12.8. The number of rotatable bonds is 6. The van der Waals surface area contributed by atoms with E-state index < -0.39 is 4.92 Å². The van der Waals surface area contributed by atoms with Crippen LogP contribution in [0.4, 0.5) is 5.69 Å². The van der Waals surface area contributed by atoms with Crippen molar-refractivity contribution in [3.05, 3.63) is 99.7 Å². The first-order valence-corrected chi connectivity index (χ1v) is 9.99. The van der Waals surface area contributed by atoms with E-state index in [0.29, 0.717) is 16.8 Å². The van der Waals surface area contributed by atoms with E-state index in [1.54, 1.807) is 24.3 Å². The van der Waals surface area contributed by atoms with Crippen LogP contribution in [0.5, 0.6) is 5.75 Å². The van der Waals surface area contributed by atoms with Crippen molar-refractivity contribution in [2.24, 2.45) is 0 Å². The second-order valence-corrected chi connectivity index (χ2v) is 7.21. The Labute approximate surface area is 185 Å². The zero-order valence-corrected chi connectivity index (χ0v) is 17.6. The second-order valence-electron chi connectivity index (χ2n) is 7.21. The van der Waals surface area contributed by atoms with Gasteiger partial charge in [-0.3, -0.25) is 14.9 Å². The number of carbonyl (C=O) groups excluding carboxylic acids is 1. The number of hydrogen-bond donors (Lipinski definition) is 0. The molecule has 0 aliphatic carbocycles. The maximum atomic E-state index is 12.8. The topological polar surface area (TPSA) is 82.3 Å². The number of para-hydroxylation sites is 1. The zero-order valence-electron chi connectivity index (χ0n) is 17.6. The van der Waals surface area contributed by atoms with Crippen LogP contribution < -0.4 is 4.74 Å². The van der Waals surface area contributed by atoms with Gasteiger partial charge < -0.3 is 4.74 Å². The molecule has 6 heteroatoms. The highest BCUT2D eigenvalue weighted by Gasteiger charge is 2.19. The summed E-state index contributed by atoms with van der Waals surface area (Å²) < 4.78 is 5.07. The highest BCUT2D eigenvalue weighted by Crippen LogP contribution is 2.34. The van der Waals surface area contributed by atoms with Crippen LogP contribution in [0.15, 0.2) is 72.8 Å². The summed E-state index contributed by atoms with van der Waals surface area (Å²) in [7, 11) is 1.39. The Balaban J connectivity index is 1.92. The fraction of sp³-hybridized carbons (Fsp3) is 0.0769. The molecule has 0 bridgehead atoms. The van der Waals surface area contributed by atoms with Gasteiger partial charge >= 0.3 is 5.69 Å². The Kier molecular flexibility index (Phi) is 5.77. The van der Waals surface area contributed by atoms with Crippen molar-refractivity contribution in [3.63, 3.8) is 0 Å². The molecule has 1 heterocycles. The number of fused-ring (bicyclic) bond motifs is 1. The summed E-state index contributed by atoms with van der Waals surface area (Å²) in [5, 5.41) is 12.2. The lowest BCUT2D eigenvalue weighted by Gasteiger charge is -2.14. The quantitative estimate of drug-likeness (QED) is 0.209. The van der Waals surface area contributed by atoms with Gasteiger partial charge in [-0.2, -0.15) is 0 Å². The first-order chi connectivity index (χ1) is 15.5. The molecule has 4 rings (SSSR count). The first kappa shape index (κ1) is 20.9. The highest BCUT2D eigenvalue weighted by atomic mass is 16.6. The number of nitrogens with zero attached hydrogens (tertiary/aromatic N) is 2. The van der Waals surface area contributed by atoms with E-state index in [1.807, 2.05) is 54.6 Å². The maximum Gasteiger partial charge on any atom is 0.311 e. The molecule has 3 aromatic carbocycles. The molecule has 0 saturated heterocycles. The largest absolute Gasteiger partial charge is 0.490 e. The van der Waals surface area contributed by atoms with Crippen molar-refractivity contribution >= 4 is 34.5 Å². The van der Waals surface area contributed by atoms with Gasteiger partial charge in [0, 0.05) is 17.0 Å². The lowest BCUT2D eigenvalue weighted by atomic mass is 9.92. The minimum absolute atomic E-state index is 0.109. The number of benzene rings is 3. The lowest BCUT2D eigenvalue weighted by Crippen LogP contribution is -2.04. The van der Waals surface area contributed by atoms with Crippen LogP contribution in [0, 0.1) is 10.1 Å². The molecule has 32 heavy (non-hydrogen) atoms. The number of methoxy groups -OCH3 is 1. The normalized spacial score (nSPS) is 11.1. The summed E-state index contributed by atoms with van der Waals surface area (Å²) in [5.74, 6) is 0.0780. The van der Waals surface area contributed by atoms with Crippen LogP contribution in [0.1, 0.15) is 28.5 Å². The molecule has 0 radical (unpaired) electrons. The minimum Gasteiger partial charge on any atom is -0.490 e. The van der Waals surface area contributed by atoms with Gasteiger partial charge in [0.2, 0.25) is 0 Å². The van der Waals surface area contributed by atoms with Gasteiger partial charge in [0.1, 0.15) is 0 Å². The average Bonchev–Trinajstić information content (AvgIpc) is 2.81. The van der Waals surface area contributed by atoms with Crippen LogP contribution >= 0.6 is 0 Å². The standard InChI is InChI=1S/C26H20N2O4/c1-17(29)25-22(14-12-18-13-15-24(32-2)23(16-18)28(30)31)27-21-11-7-6-10-20(21)26(25)19-8-4-3-5-9-19/h3-16H,1-2H3/b14-12+. The van der Waals surface area contributed by atoms with Crippen molar-refractivity contribution in [3.8, 4) is 16.9 Å². The second kappa shape index (κ2) is 8.81. The smallest absolute Gasteiger partial charge is 0.311 e. The van der Waals surface area contributed by atoms with E-state index in [1.165, 1.54) is 20.1 Å². The number of hydrogen-bond acceptors (Lipinski definition) is 5. The number of ketones is 1. The van der Waals surface area contributed by atoms with Crippen molar-refractivity contribution < 1.29 is 14.5 Å². The summed E-state index contributed by atoms with van der Waals surface area (Å²) in [6.07, 6.45) is 3.44. The van der Waals surface area contributed by atoms with Crippen molar-refractivity contribution in [2.75, 3.05) is 7.11 Å². The third-order valence-electron chi connectivity index (χ3n) is 5.17. The third-order valence-corrected chi connectivity index (χ3v) is 5.17.